The molecule has 9 heteroatoms. The van der Waals surface area contributed by atoms with Crippen LogP contribution in [0.3, 0.4) is 0 Å². The maximum Gasteiger partial charge on any atom is 0.411 e. The molecule has 2 heterocycles. The topological polar surface area (TPSA) is 130 Å². The van der Waals surface area contributed by atoms with Gasteiger partial charge in [0, 0.05) is 19.2 Å². The first kappa shape index (κ1) is 13.8. The minimum Gasteiger partial charge on any atom is -0.447 e. The van der Waals surface area contributed by atoms with Crippen LogP contribution in [0.15, 0.2) is 12.5 Å². The number of amides is 3. The van der Waals surface area contributed by atoms with Gasteiger partial charge in [-0.1, -0.05) is 0 Å². The number of hydrogen-bond donors (Lipinski definition) is 3. The third kappa shape index (κ3) is 3.25. The van der Waals surface area contributed by atoms with Gasteiger partial charge in [0.05, 0.1) is 18.6 Å². The van der Waals surface area contributed by atoms with Gasteiger partial charge in [0.1, 0.15) is 12.6 Å². The summed E-state index contributed by atoms with van der Waals surface area (Å²) in [7, 11) is 0. The Bertz CT molecular complexity index is 501. The molecule has 1 aromatic rings. The zero-order valence-corrected chi connectivity index (χ0v) is 10.7. The maximum atomic E-state index is 11.9. The van der Waals surface area contributed by atoms with Crippen molar-refractivity contribution in [1.29, 1.82) is 0 Å². The molecule has 1 saturated heterocycles. The molecule has 0 bridgehead atoms. The van der Waals surface area contributed by atoms with Crippen molar-refractivity contribution in [1.82, 2.24) is 20.2 Å². The normalized spacial score (nSPS) is 17.9. The second-order valence-corrected chi connectivity index (χ2v) is 4.30. The first-order valence-electron chi connectivity index (χ1n) is 6.04. The van der Waals surface area contributed by atoms with Gasteiger partial charge in [-0.05, 0) is 0 Å². The molecule has 108 valence electrons. The van der Waals surface area contributed by atoms with Crippen molar-refractivity contribution >= 4 is 17.9 Å². The number of ether oxygens (including phenoxy) is 1. The monoisotopic (exact) mass is 281 g/mol. The fourth-order valence-corrected chi connectivity index (χ4v) is 1.82. The van der Waals surface area contributed by atoms with Gasteiger partial charge < -0.3 is 20.8 Å². The van der Waals surface area contributed by atoms with Crippen LogP contribution < -0.4 is 11.1 Å². The van der Waals surface area contributed by atoms with Crippen molar-refractivity contribution in [2.45, 2.75) is 19.0 Å². The third-order valence-corrected chi connectivity index (χ3v) is 2.84. The smallest absolute Gasteiger partial charge is 0.411 e. The number of aromatic nitrogens is 2. The number of primary amides is 1. The fourth-order valence-electron chi connectivity index (χ4n) is 1.82. The molecule has 4 N–H and O–H groups in total. The number of imidazole rings is 1. The Morgan fingerprint density at radius 1 is 1.60 bits per heavy atom. The molecular formula is C11H15N5O4. The maximum absolute atomic E-state index is 11.9. The Balaban J connectivity index is 1.93. The molecule has 1 aliphatic rings. The van der Waals surface area contributed by atoms with E-state index in [4.69, 9.17) is 10.5 Å². The molecule has 1 fully saturated rings. The van der Waals surface area contributed by atoms with Gasteiger partial charge in [0.15, 0.2) is 0 Å². The standard InChI is InChI=1S/C11H15N5O4/c12-9(17)1-2-14-10(18)8-5-20-11(19)16(8)4-7-3-13-6-15-7/h3,6,8H,1-2,4-5H2,(H2,12,17)(H,13,15)(H,14,18)/t8-/m0/s1. The Hall–Kier alpha value is -2.58. The molecule has 2 rings (SSSR count). The summed E-state index contributed by atoms with van der Waals surface area (Å²) in [5, 5.41) is 2.55. The molecule has 1 atom stereocenters. The lowest BCUT2D eigenvalue weighted by Crippen LogP contribution is -2.46. The summed E-state index contributed by atoms with van der Waals surface area (Å²) in [5.41, 5.74) is 5.67. The summed E-state index contributed by atoms with van der Waals surface area (Å²) in [6, 6.07) is -0.723. The Kier molecular flexibility index (Phi) is 4.18. The van der Waals surface area contributed by atoms with Crippen LogP contribution in [-0.4, -0.2) is 52.0 Å². The van der Waals surface area contributed by atoms with Crippen molar-refractivity contribution in [3.8, 4) is 0 Å². The van der Waals surface area contributed by atoms with E-state index in [1.165, 1.54) is 11.2 Å². The molecule has 0 aromatic carbocycles. The number of hydrogen-bond acceptors (Lipinski definition) is 5. The van der Waals surface area contributed by atoms with Gasteiger partial charge in [-0.15, -0.1) is 0 Å². The van der Waals surface area contributed by atoms with E-state index in [1.54, 1.807) is 6.20 Å². The zero-order chi connectivity index (χ0) is 14.5. The predicted octanol–water partition coefficient (Wildman–Crippen LogP) is -1.28. The molecule has 0 aliphatic carbocycles. The molecule has 1 aromatic heterocycles. The lowest BCUT2D eigenvalue weighted by atomic mass is 10.2. The van der Waals surface area contributed by atoms with E-state index < -0.39 is 18.0 Å². The van der Waals surface area contributed by atoms with Crippen LogP contribution in [0.1, 0.15) is 12.1 Å². The van der Waals surface area contributed by atoms with E-state index >= 15 is 0 Å². The molecule has 0 saturated carbocycles. The average Bonchev–Trinajstić information content (AvgIpc) is 3.01. The van der Waals surface area contributed by atoms with E-state index in [2.05, 4.69) is 15.3 Å². The fraction of sp³-hybridized carbons (Fsp3) is 0.455. The highest BCUT2D eigenvalue weighted by Crippen LogP contribution is 2.15. The average molecular weight is 281 g/mol. The number of carbonyl (C=O) groups is 3. The second-order valence-electron chi connectivity index (χ2n) is 4.30. The van der Waals surface area contributed by atoms with Crippen molar-refractivity contribution in [3.05, 3.63) is 18.2 Å². The minimum absolute atomic E-state index is 0.0185. The first-order valence-corrected chi connectivity index (χ1v) is 6.04. The van der Waals surface area contributed by atoms with E-state index in [1.807, 2.05) is 0 Å². The van der Waals surface area contributed by atoms with Gasteiger partial charge in [-0.25, -0.2) is 9.78 Å². The Labute approximate surface area is 114 Å². The lowest BCUT2D eigenvalue weighted by Gasteiger charge is -2.19. The highest BCUT2D eigenvalue weighted by atomic mass is 16.6. The number of carbonyl (C=O) groups excluding carboxylic acids is 3. The molecule has 9 nitrogen and oxygen atoms in total. The number of nitrogens with zero attached hydrogens (tertiary/aromatic N) is 2. The van der Waals surface area contributed by atoms with Crippen LogP contribution in [-0.2, 0) is 20.9 Å². The summed E-state index contributed by atoms with van der Waals surface area (Å²) >= 11 is 0. The molecule has 0 radical (unpaired) electrons. The van der Waals surface area contributed by atoms with Crippen molar-refractivity contribution in [3.63, 3.8) is 0 Å². The van der Waals surface area contributed by atoms with Crippen molar-refractivity contribution in [2.24, 2.45) is 5.73 Å². The summed E-state index contributed by atoms with van der Waals surface area (Å²) in [4.78, 5) is 42.2. The van der Waals surface area contributed by atoms with Crippen molar-refractivity contribution in [2.75, 3.05) is 13.2 Å². The van der Waals surface area contributed by atoms with Gasteiger partial charge in [-0.3, -0.25) is 14.5 Å². The highest BCUT2D eigenvalue weighted by Gasteiger charge is 2.38. The Morgan fingerprint density at radius 2 is 2.40 bits per heavy atom. The molecule has 0 spiro atoms. The first-order chi connectivity index (χ1) is 9.58. The van der Waals surface area contributed by atoms with Crippen LogP contribution in [0, 0.1) is 0 Å². The van der Waals surface area contributed by atoms with Crippen LogP contribution in [0.4, 0.5) is 4.79 Å². The number of aromatic amines is 1. The van der Waals surface area contributed by atoms with E-state index in [0.29, 0.717) is 5.69 Å². The largest absolute Gasteiger partial charge is 0.447 e. The summed E-state index contributed by atoms with van der Waals surface area (Å²) in [6.07, 6.45) is 2.54. The zero-order valence-electron chi connectivity index (χ0n) is 10.7. The van der Waals surface area contributed by atoms with Crippen LogP contribution in [0.5, 0.6) is 0 Å². The summed E-state index contributed by atoms with van der Waals surface area (Å²) < 4.78 is 4.88. The molecular weight excluding hydrogens is 266 g/mol. The number of nitrogens with two attached hydrogens (primary N) is 1. The summed E-state index contributed by atoms with van der Waals surface area (Å²) in [5.74, 6) is -0.880. The van der Waals surface area contributed by atoms with Gasteiger partial charge >= 0.3 is 6.09 Å². The predicted molar refractivity (Wildman–Crippen MR) is 66.1 cm³/mol. The van der Waals surface area contributed by atoms with E-state index in [0.717, 1.165) is 0 Å². The van der Waals surface area contributed by atoms with Crippen LogP contribution >= 0.6 is 0 Å². The van der Waals surface area contributed by atoms with E-state index in [-0.39, 0.29) is 32.0 Å². The Morgan fingerprint density at radius 3 is 3.05 bits per heavy atom. The molecule has 1 aliphatic heterocycles. The quantitative estimate of drug-likeness (QED) is 0.598. The van der Waals surface area contributed by atoms with Gasteiger partial charge in [0.2, 0.25) is 11.8 Å². The third-order valence-electron chi connectivity index (χ3n) is 2.84. The molecule has 20 heavy (non-hydrogen) atoms. The SMILES string of the molecule is NC(=O)CCNC(=O)[C@@H]1COC(=O)N1Cc1cnc[nH]1. The number of nitrogens with one attached hydrogen (secondary N) is 2. The van der Waals surface area contributed by atoms with Gasteiger partial charge in [0.25, 0.3) is 0 Å². The van der Waals surface area contributed by atoms with Crippen LogP contribution in [0.25, 0.3) is 0 Å². The number of rotatable bonds is 6. The molecule has 0 unspecified atom stereocenters. The van der Waals surface area contributed by atoms with Crippen LogP contribution in [0.2, 0.25) is 0 Å². The van der Waals surface area contributed by atoms with Crippen molar-refractivity contribution < 1.29 is 19.1 Å². The summed E-state index contributed by atoms with van der Waals surface area (Å²) in [6.45, 7) is 0.318. The number of H-pyrrole nitrogens is 1. The molecule has 3 amide bonds. The lowest BCUT2D eigenvalue weighted by molar-refractivity contribution is -0.125. The minimum atomic E-state index is -0.723. The number of cyclic esters (lactones) is 1. The van der Waals surface area contributed by atoms with E-state index in [9.17, 15) is 14.4 Å². The highest BCUT2D eigenvalue weighted by molar-refractivity contribution is 5.88. The second kappa shape index (κ2) is 6.04. The van der Waals surface area contributed by atoms with Gasteiger partial charge in [-0.2, -0.15) is 0 Å².